The number of rotatable bonds is 4. The van der Waals surface area contributed by atoms with Crippen LogP contribution in [0.3, 0.4) is 0 Å². The number of likely N-dealkylation sites (tertiary alicyclic amines) is 1. The molecule has 5 heteroatoms. The highest BCUT2D eigenvalue weighted by molar-refractivity contribution is 9.10. The molecule has 1 aliphatic heterocycles. The Morgan fingerprint density at radius 3 is 3.00 bits per heavy atom. The van der Waals surface area contributed by atoms with Crippen LogP contribution in [-0.4, -0.2) is 36.0 Å². The maximum atomic E-state index is 5.95. The largest absolute Gasteiger partial charge is 0.466 e. The van der Waals surface area contributed by atoms with E-state index in [-0.39, 0.29) is 6.04 Å². The molecule has 0 bridgehead atoms. The van der Waals surface area contributed by atoms with E-state index in [2.05, 4.69) is 27.1 Å². The van der Waals surface area contributed by atoms with Gasteiger partial charge in [-0.3, -0.25) is 4.90 Å². The topological polar surface area (TPSA) is 42.4 Å². The van der Waals surface area contributed by atoms with Crippen molar-refractivity contribution in [1.82, 2.24) is 4.90 Å². The number of hydrogen-bond acceptors (Lipinski definition) is 4. The van der Waals surface area contributed by atoms with E-state index < -0.39 is 0 Å². The van der Waals surface area contributed by atoms with Crippen LogP contribution in [0.2, 0.25) is 0 Å². The lowest BCUT2D eigenvalue weighted by molar-refractivity contribution is 0.185. The first-order valence-corrected chi connectivity index (χ1v) is 8.54. The summed E-state index contributed by atoms with van der Waals surface area (Å²) < 4.78 is 6.62. The van der Waals surface area contributed by atoms with Gasteiger partial charge in [0.1, 0.15) is 5.76 Å². The van der Waals surface area contributed by atoms with Gasteiger partial charge in [0.05, 0.1) is 16.8 Å². The predicted molar refractivity (Wildman–Crippen MR) is 80.9 cm³/mol. The summed E-state index contributed by atoms with van der Waals surface area (Å²) in [6.07, 6.45) is 7.75. The van der Waals surface area contributed by atoms with E-state index in [0.717, 1.165) is 28.6 Å². The summed E-state index contributed by atoms with van der Waals surface area (Å²) >= 11 is 5.53. The Hall–Kier alpha value is 0.0300. The molecule has 1 saturated heterocycles. The smallest absolute Gasteiger partial charge is 0.136 e. The Bertz CT molecular complexity index is 372. The van der Waals surface area contributed by atoms with Crippen LogP contribution in [0.4, 0.5) is 0 Å². The van der Waals surface area contributed by atoms with Crippen LogP contribution in [0.1, 0.15) is 31.1 Å². The third-order valence-electron chi connectivity index (χ3n) is 3.65. The van der Waals surface area contributed by atoms with Gasteiger partial charge in [-0.2, -0.15) is 11.8 Å². The molecule has 0 aliphatic carbocycles. The first-order chi connectivity index (χ1) is 8.76. The van der Waals surface area contributed by atoms with Crippen LogP contribution < -0.4 is 5.73 Å². The summed E-state index contributed by atoms with van der Waals surface area (Å²) in [5.74, 6) is 0.972. The molecule has 1 fully saturated rings. The molecule has 1 aliphatic rings. The highest BCUT2D eigenvalue weighted by Gasteiger charge is 2.26. The lowest BCUT2D eigenvalue weighted by Gasteiger charge is -2.28. The van der Waals surface area contributed by atoms with Crippen molar-refractivity contribution in [3.05, 3.63) is 22.6 Å². The van der Waals surface area contributed by atoms with Gasteiger partial charge in [0.15, 0.2) is 0 Å². The van der Waals surface area contributed by atoms with Gasteiger partial charge >= 0.3 is 0 Å². The van der Waals surface area contributed by atoms with Gasteiger partial charge in [0, 0.05) is 11.8 Å². The minimum absolute atomic E-state index is 0.204. The second-order valence-corrected chi connectivity index (χ2v) is 6.70. The molecule has 2 rings (SSSR count). The molecule has 0 aromatic carbocycles. The summed E-state index contributed by atoms with van der Waals surface area (Å²) in [5, 5.41) is 0.800. The van der Waals surface area contributed by atoms with Crippen molar-refractivity contribution in [2.24, 2.45) is 5.73 Å². The second kappa shape index (κ2) is 6.98. The lowest BCUT2D eigenvalue weighted by Crippen LogP contribution is -2.34. The van der Waals surface area contributed by atoms with Gasteiger partial charge < -0.3 is 10.2 Å². The van der Waals surface area contributed by atoms with Crippen molar-refractivity contribution in [2.75, 3.05) is 25.9 Å². The molecule has 2 atom stereocenters. The van der Waals surface area contributed by atoms with Crippen LogP contribution in [-0.2, 0) is 0 Å². The molecule has 2 heterocycles. The van der Waals surface area contributed by atoms with Crippen LogP contribution in [0, 0.1) is 0 Å². The highest BCUT2D eigenvalue weighted by atomic mass is 79.9. The van der Waals surface area contributed by atoms with Gasteiger partial charge in [-0.25, -0.2) is 0 Å². The zero-order chi connectivity index (χ0) is 13.0. The van der Waals surface area contributed by atoms with Crippen LogP contribution in [0.5, 0.6) is 0 Å². The van der Waals surface area contributed by atoms with Gasteiger partial charge in [-0.15, -0.1) is 0 Å². The minimum Gasteiger partial charge on any atom is -0.466 e. The summed E-state index contributed by atoms with van der Waals surface area (Å²) in [7, 11) is 0. The summed E-state index contributed by atoms with van der Waals surface area (Å²) in [5.41, 5.74) is 5.95. The van der Waals surface area contributed by atoms with Gasteiger partial charge in [0.25, 0.3) is 0 Å². The average molecular weight is 333 g/mol. The number of hydrogen-bond donors (Lipinski definition) is 1. The second-order valence-electron chi connectivity index (χ2n) is 4.71. The zero-order valence-corrected chi connectivity index (χ0v) is 13.2. The lowest BCUT2D eigenvalue weighted by atomic mass is 10.2. The average Bonchev–Trinajstić information content (AvgIpc) is 2.67. The molecule has 102 valence electrons. The van der Waals surface area contributed by atoms with Crippen molar-refractivity contribution in [3.8, 4) is 0 Å². The number of furan rings is 1. The van der Waals surface area contributed by atoms with Crippen LogP contribution in [0.25, 0.3) is 0 Å². The number of thioether (sulfide) groups is 1. The molecule has 3 nitrogen and oxygen atoms in total. The fourth-order valence-corrected chi connectivity index (χ4v) is 3.81. The van der Waals surface area contributed by atoms with E-state index in [1.807, 2.05) is 17.8 Å². The molecule has 2 unspecified atom stereocenters. The Kier molecular flexibility index (Phi) is 5.60. The quantitative estimate of drug-likeness (QED) is 0.918. The van der Waals surface area contributed by atoms with Gasteiger partial charge in [0.2, 0.25) is 0 Å². The van der Waals surface area contributed by atoms with Crippen molar-refractivity contribution in [2.45, 2.75) is 30.6 Å². The summed E-state index contributed by atoms with van der Waals surface area (Å²) in [4.78, 5) is 2.47. The third-order valence-corrected chi connectivity index (χ3v) is 5.45. The third kappa shape index (κ3) is 3.32. The zero-order valence-electron chi connectivity index (χ0n) is 10.8. The van der Waals surface area contributed by atoms with Crippen LogP contribution >= 0.6 is 27.7 Å². The Morgan fingerprint density at radius 1 is 1.56 bits per heavy atom. The van der Waals surface area contributed by atoms with E-state index >= 15 is 0 Å². The summed E-state index contributed by atoms with van der Waals surface area (Å²) in [6, 6.07) is 2.15. The highest BCUT2D eigenvalue weighted by Crippen LogP contribution is 2.31. The standard InChI is InChI=1S/C13H21BrN2OS/c1-18-10-3-2-6-16(7-4-10)12(9-15)13-11(14)5-8-17-13/h5,8,10,12H,2-4,6-7,9,15H2,1H3. The van der Waals surface area contributed by atoms with Crippen molar-refractivity contribution >= 4 is 27.7 Å². The molecular formula is C13H21BrN2OS. The Labute approximate surface area is 122 Å². The normalized spacial score (nSPS) is 23.8. The monoisotopic (exact) mass is 332 g/mol. The first kappa shape index (κ1) is 14.4. The van der Waals surface area contributed by atoms with Crippen LogP contribution in [0.15, 0.2) is 21.2 Å². The number of nitrogens with two attached hydrogens (primary N) is 1. The number of halogens is 1. The molecule has 0 spiro atoms. The Morgan fingerprint density at radius 2 is 2.39 bits per heavy atom. The van der Waals surface area contributed by atoms with E-state index in [1.54, 1.807) is 6.26 Å². The molecular weight excluding hydrogens is 312 g/mol. The predicted octanol–water partition coefficient (Wildman–Crippen LogP) is 3.26. The van der Waals surface area contributed by atoms with E-state index in [1.165, 1.54) is 19.3 Å². The maximum absolute atomic E-state index is 5.95. The van der Waals surface area contributed by atoms with Gasteiger partial charge in [-0.05, 0) is 60.6 Å². The number of nitrogens with zero attached hydrogens (tertiary/aromatic N) is 1. The summed E-state index contributed by atoms with van der Waals surface area (Å²) in [6.45, 7) is 2.84. The fraction of sp³-hybridized carbons (Fsp3) is 0.692. The molecule has 0 saturated carbocycles. The molecule has 18 heavy (non-hydrogen) atoms. The molecule has 2 N–H and O–H groups in total. The van der Waals surface area contributed by atoms with Crippen molar-refractivity contribution < 1.29 is 4.42 Å². The first-order valence-electron chi connectivity index (χ1n) is 6.46. The van der Waals surface area contributed by atoms with E-state index in [4.69, 9.17) is 10.2 Å². The fourth-order valence-electron chi connectivity index (χ4n) is 2.60. The van der Waals surface area contributed by atoms with Crippen molar-refractivity contribution in [1.29, 1.82) is 0 Å². The molecule has 0 amide bonds. The molecule has 1 aromatic heterocycles. The van der Waals surface area contributed by atoms with Crippen molar-refractivity contribution in [3.63, 3.8) is 0 Å². The Balaban J connectivity index is 2.06. The molecule has 0 radical (unpaired) electrons. The molecule has 1 aromatic rings. The SMILES string of the molecule is CSC1CCCN(C(CN)c2occc2Br)CC1. The van der Waals surface area contributed by atoms with E-state index in [0.29, 0.717) is 6.54 Å². The van der Waals surface area contributed by atoms with Gasteiger partial charge in [-0.1, -0.05) is 0 Å². The van der Waals surface area contributed by atoms with E-state index in [9.17, 15) is 0 Å². The maximum Gasteiger partial charge on any atom is 0.136 e. The minimum atomic E-state index is 0.204.